The summed E-state index contributed by atoms with van der Waals surface area (Å²) >= 11 is 0. The van der Waals surface area contributed by atoms with Gasteiger partial charge < -0.3 is 10.1 Å². The fourth-order valence-corrected chi connectivity index (χ4v) is 2.08. The van der Waals surface area contributed by atoms with Crippen LogP contribution >= 0.6 is 0 Å². The van der Waals surface area contributed by atoms with Gasteiger partial charge in [-0.05, 0) is 36.2 Å². The molecule has 2 aromatic carbocycles. The SMILES string of the molecule is CCC(CC#N)NCc1cccc(Oc2ccccc2)c1. The van der Waals surface area contributed by atoms with Crippen LogP contribution in [-0.2, 0) is 6.54 Å². The van der Waals surface area contributed by atoms with Crippen LogP contribution < -0.4 is 10.1 Å². The van der Waals surface area contributed by atoms with E-state index in [1.54, 1.807) is 0 Å². The van der Waals surface area contributed by atoms with E-state index in [1.807, 2.05) is 48.5 Å². The van der Waals surface area contributed by atoms with Gasteiger partial charge in [0.1, 0.15) is 11.5 Å². The van der Waals surface area contributed by atoms with Crippen LogP contribution in [0, 0.1) is 11.3 Å². The molecule has 0 fully saturated rings. The van der Waals surface area contributed by atoms with Crippen molar-refractivity contribution in [3.05, 3.63) is 60.2 Å². The van der Waals surface area contributed by atoms with Gasteiger partial charge in [0.05, 0.1) is 12.5 Å². The van der Waals surface area contributed by atoms with Gasteiger partial charge in [-0.2, -0.15) is 5.26 Å². The number of ether oxygens (including phenoxy) is 1. The van der Waals surface area contributed by atoms with Crippen LogP contribution in [0.15, 0.2) is 54.6 Å². The van der Waals surface area contributed by atoms with Gasteiger partial charge >= 0.3 is 0 Å². The van der Waals surface area contributed by atoms with Crippen molar-refractivity contribution in [2.45, 2.75) is 32.4 Å². The monoisotopic (exact) mass is 280 g/mol. The van der Waals surface area contributed by atoms with Crippen molar-refractivity contribution in [1.29, 1.82) is 5.26 Å². The quantitative estimate of drug-likeness (QED) is 0.824. The van der Waals surface area contributed by atoms with Crippen LogP contribution in [-0.4, -0.2) is 6.04 Å². The highest BCUT2D eigenvalue weighted by molar-refractivity contribution is 5.33. The number of hydrogen-bond acceptors (Lipinski definition) is 3. The first-order chi connectivity index (χ1) is 10.3. The van der Waals surface area contributed by atoms with Crippen molar-refractivity contribution in [2.75, 3.05) is 0 Å². The van der Waals surface area contributed by atoms with Crippen molar-refractivity contribution < 1.29 is 4.74 Å². The van der Waals surface area contributed by atoms with Gasteiger partial charge in [-0.1, -0.05) is 37.3 Å². The summed E-state index contributed by atoms with van der Waals surface area (Å²) in [5.74, 6) is 1.66. The summed E-state index contributed by atoms with van der Waals surface area (Å²) in [7, 11) is 0. The van der Waals surface area contributed by atoms with Crippen molar-refractivity contribution in [3.63, 3.8) is 0 Å². The van der Waals surface area contributed by atoms with Gasteiger partial charge in [-0.3, -0.25) is 0 Å². The Morgan fingerprint density at radius 2 is 1.86 bits per heavy atom. The zero-order valence-corrected chi connectivity index (χ0v) is 12.3. The second-order valence-corrected chi connectivity index (χ2v) is 4.91. The molecule has 0 radical (unpaired) electrons. The van der Waals surface area contributed by atoms with Crippen LogP contribution in [0.5, 0.6) is 11.5 Å². The van der Waals surface area contributed by atoms with E-state index in [0.29, 0.717) is 6.42 Å². The van der Waals surface area contributed by atoms with Crippen molar-refractivity contribution in [1.82, 2.24) is 5.32 Å². The molecular weight excluding hydrogens is 260 g/mol. The number of hydrogen-bond donors (Lipinski definition) is 1. The van der Waals surface area contributed by atoms with E-state index in [4.69, 9.17) is 10.00 Å². The minimum absolute atomic E-state index is 0.244. The first-order valence-electron chi connectivity index (χ1n) is 7.24. The van der Waals surface area contributed by atoms with Gasteiger partial charge in [0.2, 0.25) is 0 Å². The van der Waals surface area contributed by atoms with Gasteiger partial charge in [0, 0.05) is 12.6 Å². The Balaban J connectivity index is 1.96. The molecule has 1 N–H and O–H groups in total. The predicted octanol–water partition coefficient (Wildman–Crippen LogP) is 4.26. The third-order valence-electron chi connectivity index (χ3n) is 3.30. The number of nitriles is 1. The molecule has 0 amide bonds. The molecule has 0 bridgehead atoms. The smallest absolute Gasteiger partial charge is 0.127 e. The molecule has 108 valence electrons. The molecule has 2 rings (SSSR count). The fraction of sp³-hybridized carbons (Fsp3) is 0.278. The van der Waals surface area contributed by atoms with Crippen LogP contribution in [0.2, 0.25) is 0 Å². The first kappa shape index (κ1) is 15.1. The highest BCUT2D eigenvalue weighted by Gasteiger charge is 2.05. The number of para-hydroxylation sites is 1. The Morgan fingerprint density at radius 1 is 1.10 bits per heavy atom. The second kappa shape index (κ2) is 8.08. The van der Waals surface area contributed by atoms with Gasteiger partial charge in [-0.25, -0.2) is 0 Å². The number of nitrogens with one attached hydrogen (secondary N) is 1. The molecule has 0 aromatic heterocycles. The maximum Gasteiger partial charge on any atom is 0.127 e. The highest BCUT2D eigenvalue weighted by Crippen LogP contribution is 2.21. The summed E-state index contributed by atoms with van der Waals surface area (Å²) in [4.78, 5) is 0. The Hall–Kier alpha value is -2.31. The van der Waals surface area contributed by atoms with E-state index in [9.17, 15) is 0 Å². The lowest BCUT2D eigenvalue weighted by Gasteiger charge is -2.14. The van der Waals surface area contributed by atoms with Gasteiger partial charge in [0.25, 0.3) is 0 Å². The standard InChI is InChI=1S/C18H20N2O/c1-2-16(11-12-19)20-14-15-7-6-10-18(13-15)21-17-8-4-3-5-9-17/h3-10,13,16,20H,2,11,14H2,1H3. The fourth-order valence-electron chi connectivity index (χ4n) is 2.08. The van der Waals surface area contributed by atoms with Crippen LogP contribution in [0.1, 0.15) is 25.3 Å². The van der Waals surface area contributed by atoms with Crippen molar-refractivity contribution in [2.24, 2.45) is 0 Å². The van der Waals surface area contributed by atoms with E-state index >= 15 is 0 Å². The van der Waals surface area contributed by atoms with E-state index in [1.165, 1.54) is 0 Å². The molecule has 2 aromatic rings. The van der Waals surface area contributed by atoms with Crippen LogP contribution in [0.25, 0.3) is 0 Å². The maximum absolute atomic E-state index is 8.76. The minimum Gasteiger partial charge on any atom is -0.457 e. The Bertz CT molecular complexity index is 590. The Labute approximate surface area is 126 Å². The van der Waals surface area contributed by atoms with E-state index < -0.39 is 0 Å². The minimum atomic E-state index is 0.244. The lowest BCUT2D eigenvalue weighted by Crippen LogP contribution is -2.27. The molecule has 0 saturated carbocycles. The zero-order valence-electron chi connectivity index (χ0n) is 12.3. The maximum atomic E-state index is 8.76. The van der Waals surface area contributed by atoms with E-state index in [-0.39, 0.29) is 6.04 Å². The number of nitrogens with zero attached hydrogens (tertiary/aromatic N) is 1. The molecule has 0 aliphatic rings. The van der Waals surface area contributed by atoms with Crippen molar-refractivity contribution in [3.8, 4) is 17.6 Å². The summed E-state index contributed by atoms with van der Waals surface area (Å²) in [6.45, 7) is 2.83. The molecule has 21 heavy (non-hydrogen) atoms. The molecular formula is C18H20N2O. The molecule has 0 spiro atoms. The largest absolute Gasteiger partial charge is 0.457 e. The lowest BCUT2D eigenvalue weighted by atomic mass is 10.1. The summed E-state index contributed by atoms with van der Waals surface area (Å²) < 4.78 is 5.82. The zero-order chi connectivity index (χ0) is 14.9. The Morgan fingerprint density at radius 3 is 2.57 bits per heavy atom. The van der Waals surface area contributed by atoms with Crippen LogP contribution in [0.4, 0.5) is 0 Å². The second-order valence-electron chi connectivity index (χ2n) is 4.91. The summed E-state index contributed by atoms with van der Waals surface area (Å²) in [6, 6.07) is 20.2. The third-order valence-corrected chi connectivity index (χ3v) is 3.30. The molecule has 3 nitrogen and oxygen atoms in total. The summed E-state index contributed by atoms with van der Waals surface area (Å²) in [5, 5.41) is 12.2. The summed E-state index contributed by atoms with van der Waals surface area (Å²) in [6.07, 6.45) is 1.49. The molecule has 3 heteroatoms. The topological polar surface area (TPSA) is 45.0 Å². The summed E-state index contributed by atoms with van der Waals surface area (Å²) in [5.41, 5.74) is 1.15. The van der Waals surface area contributed by atoms with E-state index in [2.05, 4.69) is 24.4 Å². The van der Waals surface area contributed by atoms with E-state index in [0.717, 1.165) is 30.0 Å². The molecule has 0 saturated heterocycles. The molecule has 0 aliphatic heterocycles. The van der Waals surface area contributed by atoms with Gasteiger partial charge in [-0.15, -0.1) is 0 Å². The van der Waals surface area contributed by atoms with Gasteiger partial charge in [0.15, 0.2) is 0 Å². The normalized spacial score (nSPS) is 11.6. The first-order valence-corrected chi connectivity index (χ1v) is 7.24. The average molecular weight is 280 g/mol. The number of rotatable bonds is 7. The molecule has 0 aliphatic carbocycles. The highest BCUT2D eigenvalue weighted by atomic mass is 16.5. The number of benzene rings is 2. The molecule has 1 atom stereocenters. The lowest BCUT2D eigenvalue weighted by molar-refractivity contribution is 0.478. The Kier molecular flexibility index (Phi) is 5.81. The molecule has 1 unspecified atom stereocenters. The van der Waals surface area contributed by atoms with Crippen LogP contribution in [0.3, 0.4) is 0 Å². The predicted molar refractivity (Wildman–Crippen MR) is 84.1 cm³/mol. The molecule has 0 heterocycles. The average Bonchev–Trinajstić information content (AvgIpc) is 2.53. The van der Waals surface area contributed by atoms with Crippen molar-refractivity contribution >= 4 is 0 Å². The third kappa shape index (κ3) is 4.94.